The van der Waals surface area contributed by atoms with Gasteiger partial charge in [0.2, 0.25) is 0 Å². The van der Waals surface area contributed by atoms with Crippen molar-refractivity contribution >= 4 is 15.9 Å². The fourth-order valence-electron chi connectivity index (χ4n) is 3.49. The number of hydrogen-bond acceptors (Lipinski definition) is 2. The summed E-state index contributed by atoms with van der Waals surface area (Å²) in [7, 11) is 2.11. The molecule has 1 unspecified atom stereocenters. The predicted molar refractivity (Wildman–Crippen MR) is 88.1 cm³/mol. The topological polar surface area (TPSA) is 29.9 Å². The van der Waals surface area contributed by atoms with Crippen LogP contribution in [0.1, 0.15) is 56.8 Å². The molecule has 0 amide bonds. The van der Waals surface area contributed by atoms with Crippen LogP contribution < -0.4 is 5.32 Å². The van der Waals surface area contributed by atoms with Crippen molar-refractivity contribution in [2.75, 3.05) is 7.05 Å². The third-order valence-electron chi connectivity index (χ3n) is 4.71. The van der Waals surface area contributed by atoms with Gasteiger partial charge in [-0.2, -0.15) is 5.10 Å². The van der Waals surface area contributed by atoms with E-state index in [1.807, 2.05) is 0 Å². The molecule has 0 aromatic carbocycles. The first-order valence-corrected chi connectivity index (χ1v) is 8.85. The van der Waals surface area contributed by atoms with E-state index < -0.39 is 0 Å². The normalized spacial score (nSPS) is 19.0. The molecule has 0 bridgehead atoms. The first-order chi connectivity index (χ1) is 9.67. The van der Waals surface area contributed by atoms with E-state index in [4.69, 9.17) is 0 Å². The van der Waals surface area contributed by atoms with Crippen LogP contribution in [0.5, 0.6) is 0 Å². The zero-order chi connectivity index (χ0) is 14.5. The molecule has 0 spiro atoms. The van der Waals surface area contributed by atoms with E-state index in [0.717, 1.165) is 24.6 Å². The lowest BCUT2D eigenvalue weighted by Crippen LogP contribution is -2.36. The number of nitrogens with zero attached hydrogens (tertiary/aromatic N) is 2. The Bertz CT molecular complexity index is 420. The van der Waals surface area contributed by atoms with Crippen LogP contribution >= 0.6 is 15.9 Å². The molecule has 4 heteroatoms. The zero-order valence-corrected chi connectivity index (χ0v) is 14.7. The lowest BCUT2D eigenvalue weighted by Gasteiger charge is -2.26. The largest absolute Gasteiger partial charge is 0.316 e. The van der Waals surface area contributed by atoms with Gasteiger partial charge in [-0.15, -0.1) is 0 Å². The Morgan fingerprint density at radius 2 is 1.95 bits per heavy atom. The van der Waals surface area contributed by atoms with Gasteiger partial charge in [-0.1, -0.05) is 25.7 Å². The van der Waals surface area contributed by atoms with Gasteiger partial charge in [0, 0.05) is 19.0 Å². The van der Waals surface area contributed by atoms with E-state index in [1.165, 1.54) is 48.7 Å². The Balaban J connectivity index is 2.13. The summed E-state index contributed by atoms with van der Waals surface area (Å²) in [6.07, 6.45) is 9.47. The van der Waals surface area contributed by atoms with Crippen LogP contribution in [-0.2, 0) is 13.0 Å². The molecular weight excluding hydrogens is 314 g/mol. The van der Waals surface area contributed by atoms with E-state index in [2.05, 4.69) is 51.9 Å². The summed E-state index contributed by atoms with van der Waals surface area (Å²) in [5, 5.41) is 8.20. The lowest BCUT2D eigenvalue weighted by atomic mass is 9.89. The van der Waals surface area contributed by atoms with Gasteiger partial charge in [-0.05, 0) is 55.6 Å². The van der Waals surface area contributed by atoms with Gasteiger partial charge in [0.15, 0.2) is 0 Å². The monoisotopic (exact) mass is 341 g/mol. The van der Waals surface area contributed by atoms with E-state index >= 15 is 0 Å². The Morgan fingerprint density at radius 1 is 1.30 bits per heavy atom. The Morgan fingerprint density at radius 3 is 2.50 bits per heavy atom. The van der Waals surface area contributed by atoms with Crippen LogP contribution in [0.3, 0.4) is 0 Å². The molecule has 3 nitrogen and oxygen atoms in total. The summed E-state index contributed by atoms with van der Waals surface area (Å²) in [6, 6.07) is 0.575. The minimum atomic E-state index is 0.575. The molecule has 0 radical (unpaired) electrons. The fourth-order valence-corrected chi connectivity index (χ4v) is 3.94. The van der Waals surface area contributed by atoms with Crippen LogP contribution in [0.4, 0.5) is 0 Å². The molecular formula is C16H28BrN3. The minimum Gasteiger partial charge on any atom is -0.316 e. The van der Waals surface area contributed by atoms with Crippen LogP contribution in [0.25, 0.3) is 0 Å². The van der Waals surface area contributed by atoms with Crippen molar-refractivity contribution in [1.82, 2.24) is 15.1 Å². The number of likely N-dealkylation sites (N-methyl/N-ethyl adjacent to an activating group) is 1. The van der Waals surface area contributed by atoms with Crippen LogP contribution in [0, 0.1) is 12.8 Å². The van der Waals surface area contributed by atoms with E-state index in [-0.39, 0.29) is 0 Å². The molecule has 2 rings (SSSR count). The number of aryl methyl sites for hydroxylation is 2. The lowest BCUT2D eigenvalue weighted by molar-refractivity contribution is 0.327. The molecule has 1 atom stereocenters. The quantitative estimate of drug-likeness (QED) is 0.818. The molecule has 1 fully saturated rings. The summed E-state index contributed by atoms with van der Waals surface area (Å²) >= 11 is 3.73. The maximum Gasteiger partial charge on any atom is 0.0738 e. The second kappa shape index (κ2) is 7.60. The van der Waals surface area contributed by atoms with Crippen molar-refractivity contribution in [1.29, 1.82) is 0 Å². The first kappa shape index (κ1) is 16.0. The third kappa shape index (κ3) is 3.64. The molecule has 1 aromatic heterocycles. The highest BCUT2D eigenvalue weighted by atomic mass is 79.9. The summed E-state index contributed by atoms with van der Waals surface area (Å²) in [4.78, 5) is 0. The van der Waals surface area contributed by atoms with Crippen molar-refractivity contribution < 1.29 is 0 Å². The summed E-state index contributed by atoms with van der Waals surface area (Å²) in [5.74, 6) is 0.815. The highest BCUT2D eigenvalue weighted by Gasteiger charge is 2.24. The second-order valence-electron chi connectivity index (χ2n) is 6.01. The summed E-state index contributed by atoms with van der Waals surface area (Å²) in [5.41, 5.74) is 2.46. The molecule has 1 aromatic rings. The Kier molecular flexibility index (Phi) is 6.09. The van der Waals surface area contributed by atoms with Crippen molar-refractivity contribution in [3.63, 3.8) is 0 Å². The highest BCUT2D eigenvalue weighted by Crippen LogP contribution is 2.29. The molecule has 0 saturated heterocycles. The average molecular weight is 342 g/mol. The maximum atomic E-state index is 4.62. The van der Waals surface area contributed by atoms with Crippen LogP contribution in [-0.4, -0.2) is 22.9 Å². The molecule has 1 aliphatic carbocycles. The van der Waals surface area contributed by atoms with Crippen molar-refractivity contribution in [3.8, 4) is 0 Å². The number of hydrogen-bond donors (Lipinski definition) is 1. The minimum absolute atomic E-state index is 0.575. The average Bonchev–Trinajstić information content (AvgIpc) is 2.67. The molecule has 1 heterocycles. The molecule has 0 aliphatic heterocycles. The smallest absolute Gasteiger partial charge is 0.0738 e. The molecule has 20 heavy (non-hydrogen) atoms. The van der Waals surface area contributed by atoms with Crippen LogP contribution in [0.15, 0.2) is 4.47 Å². The third-order valence-corrected chi connectivity index (χ3v) is 5.74. The fraction of sp³-hybridized carbons (Fsp3) is 0.812. The SMILES string of the molecule is CCn1nc(C)c(Br)c1CC(NC)C1CCCCCC1. The maximum absolute atomic E-state index is 4.62. The van der Waals surface area contributed by atoms with Gasteiger partial charge >= 0.3 is 0 Å². The van der Waals surface area contributed by atoms with E-state index in [9.17, 15) is 0 Å². The number of nitrogens with one attached hydrogen (secondary N) is 1. The Labute approximate surface area is 131 Å². The van der Waals surface area contributed by atoms with Crippen molar-refractivity contribution in [3.05, 3.63) is 15.9 Å². The van der Waals surface area contributed by atoms with Crippen molar-refractivity contribution in [2.45, 2.75) is 71.4 Å². The molecule has 1 saturated carbocycles. The second-order valence-corrected chi connectivity index (χ2v) is 6.81. The van der Waals surface area contributed by atoms with Gasteiger partial charge < -0.3 is 5.32 Å². The summed E-state index contributed by atoms with van der Waals surface area (Å²) < 4.78 is 3.36. The highest BCUT2D eigenvalue weighted by molar-refractivity contribution is 9.10. The molecule has 114 valence electrons. The number of halogens is 1. The van der Waals surface area contributed by atoms with Gasteiger partial charge in [0.25, 0.3) is 0 Å². The van der Waals surface area contributed by atoms with E-state index in [0.29, 0.717) is 6.04 Å². The van der Waals surface area contributed by atoms with Gasteiger partial charge in [0.05, 0.1) is 15.9 Å². The standard InChI is InChI=1S/C16H28BrN3/c1-4-20-15(16(17)12(2)19-20)11-14(18-3)13-9-7-5-6-8-10-13/h13-14,18H,4-11H2,1-3H3. The molecule has 1 aliphatic rings. The van der Waals surface area contributed by atoms with Gasteiger partial charge in [-0.25, -0.2) is 0 Å². The Hall–Kier alpha value is -0.350. The predicted octanol–water partition coefficient (Wildman–Crippen LogP) is 4.07. The van der Waals surface area contributed by atoms with E-state index in [1.54, 1.807) is 0 Å². The first-order valence-electron chi connectivity index (χ1n) is 8.06. The number of aromatic nitrogens is 2. The van der Waals surface area contributed by atoms with Gasteiger partial charge in [-0.3, -0.25) is 4.68 Å². The zero-order valence-electron chi connectivity index (χ0n) is 13.1. The van der Waals surface area contributed by atoms with Crippen LogP contribution in [0.2, 0.25) is 0 Å². The summed E-state index contributed by atoms with van der Waals surface area (Å²) in [6.45, 7) is 5.20. The molecule has 1 N–H and O–H groups in total. The van der Waals surface area contributed by atoms with Gasteiger partial charge in [0.1, 0.15) is 0 Å². The number of rotatable bonds is 5. The van der Waals surface area contributed by atoms with Crippen molar-refractivity contribution in [2.24, 2.45) is 5.92 Å².